The van der Waals surface area contributed by atoms with E-state index in [1.54, 1.807) is 34.6 Å². The predicted molar refractivity (Wildman–Crippen MR) is 147 cm³/mol. The average molecular weight is 637 g/mol. The van der Waals surface area contributed by atoms with E-state index < -0.39 is 119 Å². The molecule has 6 aliphatic rings. The van der Waals surface area contributed by atoms with Crippen LogP contribution in [-0.2, 0) is 42.9 Å². The van der Waals surface area contributed by atoms with E-state index in [9.17, 15) is 44.7 Å². The number of fused-ring (bicyclic) bond motifs is 1. The van der Waals surface area contributed by atoms with Crippen LogP contribution in [-0.4, -0.2) is 110 Å². The van der Waals surface area contributed by atoms with Gasteiger partial charge in [0.25, 0.3) is 0 Å². The van der Waals surface area contributed by atoms with Gasteiger partial charge in [-0.15, -0.1) is 0 Å². The summed E-state index contributed by atoms with van der Waals surface area (Å²) in [5.41, 5.74) is -5.57. The van der Waals surface area contributed by atoms with Gasteiger partial charge in [0.15, 0.2) is 6.10 Å². The summed E-state index contributed by atoms with van der Waals surface area (Å²) in [6.07, 6.45) is -9.43. The lowest BCUT2D eigenvalue weighted by Crippen LogP contribution is -2.70. The molecular weight excluding hydrogens is 596 g/mol. The molecule has 45 heavy (non-hydrogen) atoms. The number of aliphatic carboxylic acids is 1. The lowest BCUT2D eigenvalue weighted by Gasteiger charge is -2.61. The van der Waals surface area contributed by atoms with Gasteiger partial charge in [-0.3, -0.25) is 9.59 Å². The number of aliphatic hydroxyl groups is 4. The molecule has 14 heteroatoms. The molecule has 4 heterocycles. The summed E-state index contributed by atoms with van der Waals surface area (Å²) < 4.78 is 28.9. The molecule has 0 aromatic carbocycles. The third-order valence-electron chi connectivity index (χ3n) is 11.6. The maximum Gasteiger partial charge on any atom is 0.336 e. The first-order valence-corrected chi connectivity index (χ1v) is 15.1. The van der Waals surface area contributed by atoms with Gasteiger partial charge in [0.1, 0.15) is 23.4 Å². The molecule has 14 nitrogen and oxygen atoms in total. The Hall–Kier alpha value is -2.88. The monoisotopic (exact) mass is 636 g/mol. The van der Waals surface area contributed by atoms with Crippen molar-refractivity contribution in [3.05, 3.63) is 23.8 Å². The number of hydrogen-bond donors (Lipinski definition) is 5. The van der Waals surface area contributed by atoms with Crippen molar-refractivity contribution in [2.24, 2.45) is 34.5 Å². The Balaban J connectivity index is 1.53. The number of carboxylic acid groups (broad SMARTS) is 1. The Kier molecular flexibility index (Phi) is 7.17. The normalized spacial score (nSPS) is 49.0. The van der Waals surface area contributed by atoms with Crippen LogP contribution in [0.1, 0.15) is 47.5 Å². The van der Waals surface area contributed by atoms with Gasteiger partial charge in [-0.05, 0) is 24.5 Å². The van der Waals surface area contributed by atoms with Crippen molar-refractivity contribution in [2.45, 2.75) is 102 Å². The zero-order valence-corrected chi connectivity index (χ0v) is 25.7. The highest BCUT2D eigenvalue weighted by atomic mass is 16.6. The van der Waals surface area contributed by atoms with E-state index in [1.807, 2.05) is 0 Å². The van der Waals surface area contributed by atoms with Gasteiger partial charge in [-0.1, -0.05) is 34.3 Å². The molecule has 0 amide bonds. The van der Waals surface area contributed by atoms with E-state index in [1.165, 1.54) is 0 Å². The zero-order valence-electron chi connectivity index (χ0n) is 25.7. The number of epoxide rings is 1. The third-order valence-corrected chi connectivity index (χ3v) is 11.6. The van der Waals surface area contributed by atoms with E-state index in [2.05, 4.69) is 6.58 Å². The molecule has 5 N–H and O–H groups in total. The Labute approximate surface area is 258 Å². The fraction of sp³-hybridized carbons (Fsp3) is 0.742. The highest BCUT2D eigenvalue weighted by Crippen LogP contribution is 2.76. The maximum absolute atomic E-state index is 13.4. The lowest BCUT2D eigenvalue weighted by molar-refractivity contribution is -0.249. The number of hydrogen-bond acceptors (Lipinski definition) is 13. The first-order chi connectivity index (χ1) is 20.9. The number of rotatable bonds is 7. The fourth-order valence-corrected chi connectivity index (χ4v) is 9.49. The third kappa shape index (κ3) is 4.08. The topological polar surface area (TPSA) is 219 Å². The second-order valence-electron chi connectivity index (χ2n) is 14.3. The molecule has 1 spiro atoms. The molecular formula is C31H40O14. The van der Waals surface area contributed by atoms with Crippen molar-refractivity contribution in [3.63, 3.8) is 0 Å². The van der Waals surface area contributed by atoms with Crippen LogP contribution in [0.25, 0.3) is 0 Å². The molecule has 0 bridgehead atoms. The second-order valence-corrected chi connectivity index (χ2v) is 14.3. The van der Waals surface area contributed by atoms with Crippen LogP contribution in [0.4, 0.5) is 0 Å². The molecule has 4 aliphatic heterocycles. The van der Waals surface area contributed by atoms with E-state index >= 15 is 0 Å². The van der Waals surface area contributed by atoms with Crippen molar-refractivity contribution >= 4 is 23.9 Å². The van der Waals surface area contributed by atoms with Crippen molar-refractivity contribution in [3.8, 4) is 0 Å². The predicted octanol–water partition coefficient (Wildman–Crippen LogP) is -0.400. The minimum Gasteiger partial charge on any atom is -0.481 e. The van der Waals surface area contributed by atoms with Crippen LogP contribution >= 0.6 is 0 Å². The summed E-state index contributed by atoms with van der Waals surface area (Å²) in [6.45, 7) is 12.4. The first-order valence-electron chi connectivity index (χ1n) is 15.1. The van der Waals surface area contributed by atoms with Crippen LogP contribution in [0.5, 0.6) is 0 Å². The Morgan fingerprint density at radius 3 is 2.36 bits per heavy atom. The van der Waals surface area contributed by atoms with Crippen molar-refractivity contribution in [1.82, 2.24) is 0 Å². The van der Waals surface area contributed by atoms with Gasteiger partial charge in [-0.2, -0.15) is 0 Å². The standard InChI is InChI=1S/C31H40O14/c1-11(2)21(36)27(40)43-24-22(37)19(29(5)14-8-18(35)44-28(14,4)10-41-15(29)9-16(32)33)12(3)31-25(45-31)23(38)20(30(24,31)6)13-7-17(34)42-26(13)39/h7,11,14-15,17,19-25,34,36-38H,3,8-10H2,1-2,4-6H3,(H,32,33)/t14-,15+,17?,19+,20+,21?,22+,23+,24-,25+,28-,29+,30+,31+/m0/s1. The van der Waals surface area contributed by atoms with Gasteiger partial charge in [0.05, 0.1) is 43.2 Å². The van der Waals surface area contributed by atoms with E-state index in [0.717, 1.165) is 6.08 Å². The summed E-state index contributed by atoms with van der Waals surface area (Å²) in [6, 6.07) is 0. The molecule has 2 unspecified atom stereocenters. The summed E-state index contributed by atoms with van der Waals surface area (Å²) >= 11 is 0. The molecule has 248 valence electrons. The van der Waals surface area contributed by atoms with Crippen molar-refractivity contribution in [1.29, 1.82) is 0 Å². The summed E-state index contributed by atoms with van der Waals surface area (Å²) in [7, 11) is 0. The lowest BCUT2D eigenvalue weighted by atomic mass is 9.47. The van der Waals surface area contributed by atoms with Gasteiger partial charge < -0.3 is 49.2 Å². The highest BCUT2D eigenvalue weighted by Gasteiger charge is 2.87. The quantitative estimate of drug-likeness (QED) is 0.104. The number of esters is 3. The number of carbonyl (C=O) groups is 4. The first kappa shape index (κ1) is 32.1. The molecule has 0 aromatic heterocycles. The van der Waals surface area contributed by atoms with Crippen LogP contribution in [0.3, 0.4) is 0 Å². The van der Waals surface area contributed by atoms with E-state index in [4.69, 9.17) is 23.7 Å². The number of aliphatic hydroxyl groups excluding tert-OH is 4. The number of carbonyl (C=O) groups excluding carboxylic acids is 3. The van der Waals surface area contributed by atoms with Crippen LogP contribution in [0, 0.1) is 34.5 Å². The Bertz CT molecular complexity index is 1390. The molecule has 5 fully saturated rings. The van der Waals surface area contributed by atoms with Crippen LogP contribution < -0.4 is 0 Å². The average Bonchev–Trinajstić information content (AvgIpc) is 3.45. The van der Waals surface area contributed by atoms with Gasteiger partial charge in [0.2, 0.25) is 6.29 Å². The minimum absolute atomic E-state index is 0.0907. The number of ether oxygens (including phenoxy) is 5. The second kappa shape index (κ2) is 10.1. The smallest absolute Gasteiger partial charge is 0.336 e. The van der Waals surface area contributed by atoms with Gasteiger partial charge in [-0.25, -0.2) is 9.59 Å². The fourth-order valence-electron chi connectivity index (χ4n) is 9.49. The van der Waals surface area contributed by atoms with E-state index in [-0.39, 0.29) is 24.2 Å². The van der Waals surface area contributed by atoms with Gasteiger partial charge >= 0.3 is 23.9 Å². The van der Waals surface area contributed by atoms with Crippen LogP contribution in [0.2, 0.25) is 0 Å². The summed E-state index contributed by atoms with van der Waals surface area (Å²) in [4.78, 5) is 51.1. The van der Waals surface area contributed by atoms with Crippen molar-refractivity contribution in [2.75, 3.05) is 6.61 Å². The molecule has 14 atom stereocenters. The summed E-state index contributed by atoms with van der Waals surface area (Å²) in [5, 5.41) is 54.7. The number of carboxylic acids is 1. The Morgan fingerprint density at radius 2 is 1.78 bits per heavy atom. The molecule has 2 aliphatic carbocycles. The maximum atomic E-state index is 13.4. The van der Waals surface area contributed by atoms with Crippen molar-refractivity contribution < 1.29 is 68.4 Å². The van der Waals surface area contributed by atoms with Gasteiger partial charge in [0, 0.05) is 28.7 Å². The molecule has 0 aromatic rings. The Morgan fingerprint density at radius 1 is 1.11 bits per heavy atom. The zero-order chi connectivity index (χ0) is 33.2. The van der Waals surface area contributed by atoms with E-state index in [0.29, 0.717) is 0 Å². The highest BCUT2D eigenvalue weighted by molar-refractivity contribution is 5.92. The van der Waals surface area contributed by atoms with Crippen LogP contribution in [0.15, 0.2) is 23.8 Å². The SMILES string of the molecule is C=C1[C@@H]([C@]2(C)[C@H]3CC(=O)O[C@@]3(C)CO[C@@H]2CC(=O)O)[C@@H](O)[C@H](OC(=O)C(O)C(C)C)[C@@]2(C)[C@H](C3=CC(O)OC3=O)[C@@H](O)[C@H]3O[C@]132. The summed E-state index contributed by atoms with van der Waals surface area (Å²) in [5.74, 6) is -7.31. The number of cyclic esters (lactones) is 1. The minimum atomic E-state index is -1.69. The largest absolute Gasteiger partial charge is 0.481 e. The molecule has 2 saturated carbocycles. The molecule has 0 radical (unpaired) electrons. The molecule has 3 saturated heterocycles. The molecule has 6 rings (SSSR count).